The average Bonchev–Trinajstić information content (AvgIpc) is 2.84. The van der Waals surface area contributed by atoms with Gasteiger partial charge in [0.2, 0.25) is 0 Å². The van der Waals surface area contributed by atoms with Crippen molar-refractivity contribution in [3.8, 4) is 0 Å². The normalized spacial score (nSPS) is 12.6. The fourth-order valence-electron chi connectivity index (χ4n) is 5.95. The van der Waals surface area contributed by atoms with E-state index in [1.807, 2.05) is 0 Å². The number of rotatable bonds is 30. The summed E-state index contributed by atoms with van der Waals surface area (Å²) in [5.41, 5.74) is 0. The summed E-state index contributed by atoms with van der Waals surface area (Å²) in [5.74, 6) is 1.89. The highest BCUT2D eigenvalue weighted by Gasteiger charge is 2.10. The van der Waals surface area contributed by atoms with E-state index < -0.39 is 0 Å². The van der Waals surface area contributed by atoms with E-state index in [1.165, 1.54) is 186 Å². The van der Waals surface area contributed by atoms with E-state index in [2.05, 4.69) is 27.7 Å². The van der Waals surface area contributed by atoms with Gasteiger partial charge in [0.25, 0.3) is 0 Å². The Bertz CT molecular complexity index is 357. The molecule has 0 spiro atoms. The Balaban J connectivity index is 3.49. The minimum atomic E-state index is 0.879. The molecular formula is C35H72. The number of hydrogen-bond donors (Lipinski definition) is 0. The van der Waals surface area contributed by atoms with Crippen molar-refractivity contribution in [1.29, 1.82) is 0 Å². The molecule has 0 aliphatic heterocycles. The first kappa shape index (κ1) is 35.0. The van der Waals surface area contributed by atoms with Gasteiger partial charge in [-0.2, -0.15) is 0 Å². The molecular weight excluding hydrogens is 420 g/mol. The van der Waals surface area contributed by atoms with Crippen LogP contribution in [0.1, 0.15) is 214 Å². The Morgan fingerprint density at radius 3 is 0.771 bits per heavy atom. The van der Waals surface area contributed by atoms with Crippen molar-refractivity contribution in [2.75, 3.05) is 0 Å². The van der Waals surface area contributed by atoms with Crippen LogP contribution >= 0.6 is 0 Å². The molecule has 1 unspecified atom stereocenters. The van der Waals surface area contributed by atoms with Crippen LogP contribution in [0.3, 0.4) is 0 Å². The first-order valence-electron chi connectivity index (χ1n) is 17.2. The highest BCUT2D eigenvalue weighted by atomic mass is 14.2. The summed E-state index contributed by atoms with van der Waals surface area (Å²) in [4.78, 5) is 0. The lowest BCUT2D eigenvalue weighted by Gasteiger charge is -2.19. The molecule has 0 N–H and O–H groups in total. The fraction of sp³-hybridized carbons (Fsp3) is 1.00. The lowest BCUT2D eigenvalue weighted by Crippen LogP contribution is -2.05. The predicted octanol–water partition coefficient (Wildman–Crippen LogP) is 13.6. The molecule has 1 atom stereocenters. The van der Waals surface area contributed by atoms with Crippen LogP contribution < -0.4 is 0 Å². The third-order valence-electron chi connectivity index (χ3n) is 8.24. The van der Waals surface area contributed by atoms with Gasteiger partial charge in [-0.15, -0.1) is 0 Å². The molecule has 0 aliphatic carbocycles. The molecule has 0 nitrogen and oxygen atoms in total. The summed E-state index contributed by atoms with van der Waals surface area (Å²) < 4.78 is 0. The molecule has 0 amide bonds. The van der Waals surface area contributed by atoms with E-state index in [0.29, 0.717) is 0 Å². The zero-order valence-electron chi connectivity index (χ0n) is 25.7. The Kier molecular flexibility index (Phi) is 30.2. The molecule has 35 heavy (non-hydrogen) atoms. The van der Waals surface area contributed by atoms with E-state index in [1.54, 1.807) is 0 Å². The molecule has 0 aromatic carbocycles. The minimum absolute atomic E-state index is 0.879. The third kappa shape index (κ3) is 30.1. The molecule has 0 heterocycles. The van der Waals surface area contributed by atoms with Crippen molar-refractivity contribution in [3.63, 3.8) is 0 Å². The molecule has 0 rings (SSSR count). The molecule has 0 bridgehead atoms. The number of hydrogen-bond acceptors (Lipinski definition) is 0. The van der Waals surface area contributed by atoms with E-state index in [4.69, 9.17) is 0 Å². The maximum atomic E-state index is 2.43. The average molecular weight is 493 g/mol. The molecule has 0 saturated carbocycles. The zero-order chi connectivity index (χ0) is 25.7. The summed E-state index contributed by atoms with van der Waals surface area (Å²) in [6.07, 6.45) is 42.8. The first-order valence-corrected chi connectivity index (χ1v) is 17.2. The lowest BCUT2D eigenvalue weighted by molar-refractivity contribution is 0.338. The highest BCUT2D eigenvalue weighted by Crippen LogP contribution is 2.25. The van der Waals surface area contributed by atoms with Crippen molar-refractivity contribution in [1.82, 2.24) is 0 Å². The summed E-state index contributed by atoms with van der Waals surface area (Å²) >= 11 is 0. The van der Waals surface area contributed by atoms with E-state index in [-0.39, 0.29) is 0 Å². The van der Waals surface area contributed by atoms with E-state index in [0.717, 1.165) is 11.8 Å². The topological polar surface area (TPSA) is 0 Å². The Labute approximate surface area is 225 Å². The van der Waals surface area contributed by atoms with Crippen LogP contribution in [0.4, 0.5) is 0 Å². The smallest absolute Gasteiger partial charge is 0.0412 e. The van der Waals surface area contributed by atoms with Crippen LogP contribution in [-0.4, -0.2) is 0 Å². The molecule has 0 aromatic heterocycles. The van der Waals surface area contributed by atoms with Crippen LogP contribution in [0.2, 0.25) is 0 Å². The van der Waals surface area contributed by atoms with Gasteiger partial charge in [0.1, 0.15) is 0 Å². The van der Waals surface area contributed by atoms with Gasteiger partial charge in [-0.1, -0.05) is 207 Å². The largest absolute Gasteiger partial charge is 0.0654 e. The minimum Gasteiger partial charge on any atom is -0.0654 e. The maximum absolute atomic E-state index is 2.43. The SMILES string of the molecule is CCCCCCCCCCCCCCCCC(CCCCCCCCCCCCCC)CC(C)C. The fourth-order valence-corrected chi connectivity index (χ4v) is 5.95. The Morgan fingerprint density at radius 2 is 0.543 bits per heavy atom. The van der Waals surface area contributed by atoms with Crippen molar-refractivity contribution in [2.45, 2.75) is 214 Å². The van der Waals surface area contributed by atoms with Crippen LogP contribution in [0, 0.1) is 11.8 Å². The van der Waals surface area contributed by atoms with Crippen molar-refractivity contribution in [2.24, 2.45) is 11.8 Å². The van der Waals surface area contributed by atoms with E-state index >= 15 is 0 Å². The van der Waals surface area contributed by atoms with Gasteiger partial charge in [-0.25, -0.2) is 0 Å². The van der Waals surface area contributed by atoms with Crippen LogP contribution in [0.15, 0.2) is 0 Å². The summed E-state index contributed by atoms with van der Waals surface area (Å²) in [6.45, 7) is 9.48. The van der Waals surface area contributed by atoms with Gasteiger partial charge in [0.05, 0.1) is 0 Å². The molecule has 0 radical (unpaired) electrons. The standard InChI is InChI=1S/C35H72/c1-5-7-9-11-13-15-17-19-20-22-24-26-28-30-32-35(33-34(3)4)31-29-27-25-23-21-18-16-14-12-10-8-6-2/h34-35H,5-33H2,1-4H3. The monoisotopic (exact) mass is 493 g/mol. The molecule has 0 aliphatic rings. The van der Waals surface area contributed by atoms with E-state index in [9.17, 15) is 0 Å². The lowest BCUT2D eigenvalue weighted by atomic mass is 9.87. The Hall–Kier alpha value is 0. The molecule has 0 aromatic rings. The van der Waals surface area contributed by atoms with Gasteiger partial charge in [-0.3, -0.25) is 0 Å². The molecule has 0 saturated heterocycles. The van der Waals surface area contributed by atoms with Crippen molar-refractivity contribution in [3.05, 3.63) is 0 Å². The second-order valence-corrected chi connectivity index (χ2v) is 12.6. The van der Waals surface area contributed by atoms with Gasteiger partial charge < -0.3 is 0 Å². The maximum Gasteiger partial charge on any atom is -0.0412 e. The molecule has 0 fully saturated rings. The summed E-state index contributed by atoms with van der Waals surface area (Å²) in [6, 6.07) is 0. The third-order valence-corrected chi connectivity index (χ3v) is 8.24. The van der Waals surface area contributed by atoms with Gasteiger partial charge in [-0.05, 0) is 18.3 Å². The summed E-state index contributed by atoms with van der Waals surface area (Å²) in [7, 11) is 0. The van der Waals surface area contributed by atoms with Crippen LogP contribution in [0.5, 0.6) is 0 Å². The van der Waals surface area contributed by atoms with Gasteiger partial charge in [0.15, 0.2) is 0 Å². The van der Waals surface area contributed by atoms with Gasteiger partial charge >= 0.3 is 0 Å². The van der Waals surface area contributed by atoms with Crippen molar-refractivity contribution >= 4 is 0 Å². The second-order valence-electron chi connectivity index (χ2n) is 12.6. The predicted molar refractivity (Wildman–Crippen MR) is 164 cm³/mol. The summed E-state index contributed by atoms with van der Waals surface area (Å²) in [5, 5.41) is 0. The molecule has 212 valence electrons. The Morgan fingerprint density at radius 1 is 0.314 bits per heavy atom. The second kappa shape index (κ2) is 30.2. The van der Waals surface area contributed by atoms with Gasteiger partial charge in [0, 0.05) is 0 Å². The zero-order valence-corrected chi connectivity index (χ0v) is 25.7. The van der Waals surface area contributed by atoms with Crippen LogP contribution in [-0.2, 0) is 0 Å². The number of unbranched alkanes of at least 4 members (excludes halogenated alkanes) is 24. The first-order chi connectivity index (χ1) is 17.2. The van der Waals surface area contributed by atoms with Crippen molar-refractivity contribution < 1.29 is 0 Å². The molecule has 0 heteroatoms. The van der Waals surface area contributed by atoms with Crippen LogP contribution in [0.25, 0.3) is 0 Å². The quantitative estimate of drug-likeness (QED) is 0.0874. The highest BCUT2D eigenvalue weighted by molar-refractivity contribution is 4.63.